The number of benzene rings is 2. The first-order valence-corrected chi connectivity index (χ1v) is 14.6. The van der Waals surface area contributed by atoms with E-state index in [1.54, 1.807) is 12.5 Å². The molecule has 0 aliphatic rings. The molecule has 0 spiro atoms. The number of aromatic nitrogens is 6. The Labute approximate surface area is 258 Å². The van der Waals surface area contributed by atoms with Crippen LogP contribution in [0.1, 0.15) is 36.1 Å². The van der Waals surface area contributed by atoms with E-state index in [1.165, 1.54) is 5.56 Å². The second kappa shape index (κ2) is 12.9. The number of anilines is 4. The average Bonchev–Trinajstić information content (AvgIpc) is 3.64. The van der Waals surface area contributed by atoms with Crippen LogP contribution in [0.5, 0.6) is 0 Å². The summed E-state index contributed by atoms with van der Waals surface area (Å²) in [6, 6.07) is 18.4. The molecule has 0 radical (unpaired) electrons. The van der Waals surface area contributed by atoms with Crippen LogP contribution in [0.3, 0.4) is 0 Å². The van der Waals surface area contributed by atoms with Crippen molar-refractivity contribution in [2.45, 2.75) is 33.2 Å². The third-order valence-electron chi connectivity index (χ3n) is 7.95. The predicted molar refractivity (Wildman–Crippen MR) is 177 cm³/mol. The van der Waals surface area contributed by atoms with Gasteiger partial charge in [0.25, 0.3) is 0 Å². The Bertz CT molecular complexity index is 1960. The smallest absolute Gasteiger partial charge is 0.134 e. The number of hydrogen-bond acceptors (Lipinski definition) is 8. The van der Waals surface area contributed by atoms with Crippen molar-refractivity contribution in [1.29, 1.82) is 5.26 Å². The number of nitrogens with two attached hydrogens (primary N) is 1. The highest BCUT2D eigenvalue weighted by Gasteiger charge is 2.14. The minimum atomic E-state index is 0.566. The average molecular weight is 587 g/mol. The molecule has 4 aromatic heterocycles. The molecule has 0 saturated carbocycles. The van der Waals surface area contributed by atoms with Crippen molar-refractivity contribution in [3.05, 3.63) is 95.8 Å². The van der Waals surface area contributed by atoms with Crippen LogP contribution in [0.25, 0.3) is 22.1 Å². The van der Waals surface area contributed by atoms with Crippen molar-refractivity contribution >= 4 is 45.1 Å². The van der Waals surface area contributed by atoms with Gasteiger partial charge >= 0.3 is 0 Å². The molecule has 2 N–H and O–H groups in total. The number of nitrogens with zero attached hydrogens (tertiary/aromatic N) is 9. The van der Waals surface area contributed by atoms with E-state index < -0.39 is 0 Å². The number of pyridine rings is 2. The van der Waals surface area contributed by atoms with Gasteiger partial charge in [0.1, 0.15) is 22.7 Å². The maximum absolute atomic E-state index is 9.04. The Morgan fingerprint density at radius 1 is 0.727 bits per heavy atom. The fourth-order valence-corrected chi connectivity index (χ4v) is 5.30. The molecule has 0 aliphatic heterocycles. The van der Waals surface area contributed by atoms with Crippen LogP contribution in [0.4, 0.5) is 23.0 Å². The topological polar surface area (TPSA) is 118 Å². The first-order chi connectivity index (χ1) is 21.3. The fourth-order valence-electron chi connectivity index (χ4n) is 5.30. The Morgan fingerprint density at radius 3 is 1.70 bits per heavy atom. The number of hydrogen-bond donors (Lipinski definition) is 1. The molecular weight excluding hydrogens is 548 g/mol. The summed E-state index contributed by atoms with van der Waals surface area (Å²) < 4.78 is 3.99. The van der Waals surface area contributed by atoms with Gasteiger partial charge in [-0.15, -0.1) is 0 Å². The molecule has 10 heteroatoms. The number of aryl methyl sites for hydroxylation is 4. The maximum atomic E-state index is 9.04. The summed E-state index contributed by atoms with van der Waals surface area (Å²) in [4.78, 5) is 21.8. The highest BCUT2D eigenvalue weighted by Crippen LogP contribution is 2.30. The van der Waals surface area contributed by atoms with Crippen molar-refractivity contribution in [1.82, 2.24) is 29.1 Å². The molecule has 6 aromatic rings. The largest absolute Gasteiger partial charge is 0.334 e. The molecular formula is C34H38N10. The first kappa shape index (κ1) is 30.2. The van der Waals surface area contributed by atoms with Gasteiger partial charge in [0.05, 0.1) is 47.7 Å². The molecule has 10 nitrogen and oxygen atoms in total. The summed E-state index contributed by atoms with van der Waals surface area (Å²) in [7, 11) is 8.00. The van der Waals surface area contributed by atoms with Gasteiger partial charge in [0, 0.05) is 58.2 Å². The Balaban J connectivity index is 0.000000175. The highest BCUT2D eigenvalue weighted by molar-refractivity contribution is 5.80. The van der Waals surface area contributed by atoms with Crippen LogP contribution in [-0.4, -0.2) is 43.2 Å². The van der Waals surface area contributed by atoms with Crippen molar-refractivity contribution in [2.24, 2.45) is 19.8 Å². The van der Waals surface area contributed by atoms with Crippen molar-refractivity contribution in [3.8, 4) is 6.07 Å². The van der Waals surface area contributed by atoms with Crippen LogP contribution in [0.15, 0.2) is 73.6 Å². The SMILES string of the molecule is CCc1cc(C#N)ccc1N(C)c1cc2c(cn1)ncn2C.CCc1cc(CN)ccc1N(C)c1cc2c(cn1)ncn2C. The van der Waals surface area contributed by atoms with Gasteiger partial charge in [-0.2, -0.15) is 5.26 Å². The number of imidazole rings is 2. The zero-order chi connectivity index (χ0) is 31.4. The predicted octanol–water partition coefficient (Wildman–Crippen LogP) is 5.93. The lowest BCUT2D eigenvalue weighted by Gasteiger charge is -2.22. The van der Waals surface area contributed by atoms with Crippen molar-refractivity contribution < 1.29 is 0 Å². The van der Waals surface area contributed by atoms with Gasteiger partial charge in [-0.05, 0) is 53.8 Å². The number of rotatable bonds is 7. The molecule has 0 bridgehead atoms. The van der Waals surface area contributed by atoms with E-state index in [0.29, 0.717) is 12.1 Å². The van der Waals surface area contributed by atoms with Gasteiger partial charge in [0.15, 0.2) is 0 Å². The standard InChI is InChI=1S/C17H21N5.C17H17N5/c2*1-4-13-7-12(9-18)5-6-15(13)22(3)17-8-16-14(10-19-17)20-11-21(16)2/h5-8,10-11H,4,9,18H2,1-3H3;5-8,10-11H,4H2,1-3H3. The molecule has 6 rings (SSSR count). The normalized spacial score (nSPS) is 10.9. The van der Waals surface area contributed by atoms with Crippen LogP contribution in [0.2, 0.25) is 0 Å². The summed E-state index contributed by atoms with van der Waals surface area (Å²) in [6.45, 7) is 4.81. The van der Waals surface area contributed by atoms with Crippen LogP contribution in [-0.2, 0) is 33.5 Å². The molecule has 0 aliphatic carbocycles. The van der Waals surface area contributed by atoms with Gasteiger partial charge in [-0.25, -0.2) is 19.9 Å². The minimum Gasteiger partial charge on any atom is -0.334 e. The van der Waals surface area contributed by atoms with Crippen LogP contribution in [0, 0.1) is 11.3 Å². The molecule has 4 heterocycles. The van der Waals surface area contributed by atoms with Crippen molar-refractivity contribution in [3.63, 3.8) is 0 Å². The second-order valence-electron chi connectivity index (χ2n) is 10.7. The molecule has 0 unspecified atom stereocenters. The van der Waals surface area contributed by atoms with E-state index in [1.807, 2.05) is 79.0 Å². The van der Waals surface area contributed by atoms with Gasteiger partial charge < -0.3 is 24.7 Å². The molecule has 0 amide bonds. The molecule has 44 heavy (non-hydrogen) atoms. The van der Waals surface area contributed by atoms with E-state index in [-0.39, 0.29) is 0 Å². The lowest BCUT2D eigenvalue weighted by atomic mass is 10.1. The monoisotopic (exact) mass is 586 g/mol. The van der Waals surface area contributed by atoms with Crippen LogP contribution >= 0.6 is 0 Å². The molecule has 0 atom stereocenters. The number of fused-ring (bicyclic) bond motifs is 2. The Hall–Kier alpha value is -5.27. The quantitative estimate of drug-likeness (QED) is 0.245. The van der Waals surface area contributed by atoms with Gasteiger partial charge in [0.2, 0.25) is 0 Å². The van der Waals surface area contributed by atoms with E-state index in [4.69, 9.17) is 11.0 Å². The fraction of sp³-hybridized carbons (Fsp3) is 0.265. The summed E-state index contributed by atoms with van der Waals surface area (Å²) in [5.74, 6) is 1.77. The number of nitriles is 1. The van der Waals surface area contributed by atoms with Gasteiger partial charge in [-0.3, -0.25) is 0 Å². The van der Waals surface area contributed by atoms with E-state index in [9.17, 15) is 0 Å². The third-order valence-corrected chi connectivity index (χ3v) is 7.95. The zero-order valence-corrected chi connectivity index (χ0v) is 26.2. The highest BCUT2D eigenvalue weighted by atomic mass is 15.2. The lowest BCUT2D eigenvalue weighted by Crippen LogP contribution is -2.13. The summed E-state index contributed by atoms with van der Waals surface area (Å²) >= 11 is 0. The molecule has 0 fully saturated rings. The summed E-state index contributed by atoms with van der Waals surface area (Å²) in [5.41, 5.74) is 16.1. The molecule has 0 saturated heterocycles. The second-order valence-corrected chi connectivity index (χ2v) is 10.7. The molecule has 2 aromatic carbocycles. The van der Waals surface area contributed by atoms with E-state index in [2.05, 4.69) is 69.0 Å². The zero-order valence-electron chi connectivity index (χ0n) is 26.2. The van der Waals surface area contributed by atoms with E-state index in [0.717, 1.165) is 69.0 Å². The maximum Gasteiger partial charge on any atom is 0.134 e. The summed E-state index contributed by atoms with van der Waals surface area (Å²) in [5, 5.41) is 9.04. The van der Waals surface area contributed by atoms with Crippen LogP contribution < -0.4 is 15.5 Å². The summed E-state index contributed by atoms with van der Waals surface area (Å²) in [6.07, 6.45) is 9.03. The Morgan fingerprint density at radius 2 is 1.23 bits per heavy atom. The molecule has 224 valence electrons. The third kappa shape index (κ3) is 5.96. The van der Waals surface area contributed by atoms with E-state index >= 15 is 0 Å². The first-order valence-electron chi connectivity index (χ1n) is 14.6. The minimum absolute atomic E-state index is 0.566. The lowest BCUT2D eigenvalue weighted by molar-refractivity contribution is 0.946. The van der Waals surface area contributed by atoms with Crippen molar-refractivity contribution in [2.75, 3.05) is 23.9 Å². The Kier molecular flexibility index (Phi) is 8.88. The van der Waals surface area contributed by atoms with Gasteiger partial charge in [-0.1, -0.05) is 26.0 Å².